The Morgan fingerprint density at radius 2 is 1.34 bits per heavy atom. The van der Waals surface area contributed by atoms with E-state index < -0.39 is 115 Å². The molecule has 14 heteroatoms. The Morgan fingerprint density at radius 1 is 0.780 bits per heavy atom. The van der Waals surface area contributed by atoms with Gasteiger partial charge in [0, 0.05) is 17.3 Å². The summed E-state index contributed by atoms with van der Waals surface area (Å²) in [6.07, 6.45) is -15.9. The van der Waals surface area contributed by atoms with E-state index in [4.69, 9.17) is 18.9 Å². The van der Waals surface area contributed by atoms with Gasteiger partial charge >= 0.3 is 0 Å². The van der Waals surface area contributed by atoms with Crippen LogP contribution >= 0.6 is 0 Å². The molecule has 0 spiro atoms. The molecule has 14 nitrogen and oxygen atoms in total. The molecule has 240 valence electrons. The Balaban J connectivity index is 1.55. The van der Waals surface area contributed by atoms with Crippen LogP contribution < -0.4 is 0 Å². The zero-order chi connectivity index (χ0) is 30.7. The summed E-state index contributed by atoms with van der Waals surface area (Å²) in [7, 11) is 0. The average molecular weight is 597 g/mol. The highest BCUT2D eigenvalue weighted by molar-refractivity contribution is 5.11. The summed E-state index contributed by atoms with van der Waals surface area (Å²) in [5, 5.41) is 105. The number of rotatable bonds is 7. The van der Waals surface area contributed by atoms with Crippen LogP contribution in [-0.2, 0) is 18.9 Å². The van der Waals surface area contributed by atoms with Crippen LogP contribution in [0.25, 0.3) is 0 Å². The maximum atomic E-state index is 11.5. The van der Waals surface area contributed by atoms with Crippen LogP contribution in [0.4, 0.5) is 0 Å². The third-order valence-electron chi connectivity index (χ3n) is 9.93. The van der Waals surface area contributed by atoms with Gasteiger partial charge in [-0.1, -0.05) is 6.92 Å². The molecule has 16 atom stereocenters. The van der Waals surface area contributed by atoms with Gasteiger partial charge in [0.15, 0.2) is 12.6 Å². The summed E-state index contributed by atoms with van der Waals surface area (Å²) in [5.74, 6) is -1.24. The van der Waals surface area contributed by atoms with Crippen molar-refractivity contribution in [2.75, 3.05) is 13.2 Å². The van der Waals surface area contributed by atoms with Crippen LogP contribution in [0, 0.1) is 17.3 Å². The van der Waals surface area contributed by atoms with E-state index in [9.17, 15) is 51.1 Å². The molecule has 4 aliphatic rings. The van der Waals surface area contributed by atoms with Crippen LogP contribution in [0.5, 0.6) is 0 Å². The monoisotopic (exact) mass is 596 g/mol. The number of fused-ring (bicyclic) bond motifs is 1. The lowest BCUT2D eigenvalue weighted by molar-refractivity contribution is -0.353. The second kappa shape index (κ2) is 12.1. The minimum atomic E-state index is -1.76. The lowest BCUT2D eigenvalue weighted by Gasteiger charge is -2.61. The fourth-order valence-corrected chi connectivity index (χ4v) is 7.39. The zero-order valence-electron chi connectivity index (χ0n) is 23.9. The SMILES string of the molecule is CC(C)(O)[C@@H]1CC[C@]2(C)[C@@H](O)CC[C@@](C)(O)[C@H]2[C@@H]1O[C@@H]1O[C@H](CO[C@H]2O[C@H](CO)[C@@H](O)[C@H](O)[C@H]2O)[C@@H](O)[C@H](O)[C@H]1O. The first-order valence-electron chi connectivity index (χ1n) is 14.3. The molecule has 41 heavy (non-hydrogen) atoms. The van der Waals surface area contributed by atoms with Crippen molar-refractivity contribution >= 4 is 0 Å². The first-order chi connectivity index (χ1) is 18.9. The molecule has 0 aromatic carbocycles. The highest BCUT2D eigenvalue weighted by Gasteiger charge is 2.62. The Hall–Kier alpha value is -0.560. The molecular formula is C27H48O14. The van der Waals surface area contributed by atoms with Crippen LogP contribution in [0.1, 0.15) is 53.4 Å². The van der Waals surface area contributed by atoms with Gasteiger partial charge in [0.05, 0.1) is 36.6 Å². The maximum absolute atomic E-state index is 11.5. The average Bonchev–Trinajstić information content (AvgIpc) is 2.89. The van der Waals surface area contributed by atoms with E-state index in [1.165, 1.54) is 0 Å². The van der Waals surface area contributed by atoms with E-state index >= 15 is 0 Å². The Kier molecular flexibility index (Phi) is 9.83. The largest absolute Gasteiger partial charge is 0.394 e. The van der Waals surface area contributed by atoms with Crippen LogP contribution in [0.2, 0.25) is 0 Å². The second-order valence-corrected chi connectivity index (χ2v) is 13.3. The van der Waals surface area contributed by atoms with Crippen molar-refractivity contribution in [1.82, 2.24) is 0 Å². The third kappa shape index (κ3) is 6.20. The molecule has 0 bridgehead atoms. The summed E-state index contributed by atoms with van der Waals surface area (Å²) in [6, 6.07) is 0. The van der Waals surface area contributed by atoms with E-state index in [2.05, 4.69) is 0 Å². The number of aliphatic hydroxyl groups excluding tert-OH is 8. The summed E-state index contributed by atoms with van der Waals surface area (Å²) in [6.45, 7) is 5.54. The van der Waals surface area contributed by atoms with Crippen molar-refractivity contribution in [2.24, 2.45) is 17.3 Å². The number of aliphatic hydroxyl groups is 10. The van der Waals surface area contributed by atoms with Gasteiger partial charge in [-0.05, 0) is 46.5 Å². The smallest absolute Gasteiger partial charge is 0.186 e. The van der Waals surface area contributed by atoms with Crippen LogP contribution in [0.3, 0.4) is 0 Å². The fraction of sp³-hybridized carbons (Fsp3) is 1.00. The maximum Gasteiger partial charge on any atom is 0.186 e. The van der Waals surface area contributed by atoms with Gasteiger partial charge in [0.1, 0.15) is 48.8 Å². The van der Waals surface area contributed by atoms with Crippen molar-refractivity contribution in [3.05, 3.63) is 0 Å². The number of ether oxygens (including phenoxy) is 4. The van der Waals surface area contributed by atoms with Crippen molar-refractivity contribution in [2.45, 2.75) is 138 Å². The van der Waals surface area contributed by atoms with E-state index in [0.29, 0.717) is 19.3 Å². The molecule has 2 heterocycles. The molecule has 0 aromatic rings. The predicted octanol–water partition coefficient (Wildman–Crippen LogP) is -3.30. The summed E-state index contributed by atoms with van der Waals surface area (Å²) in [4.78, 5) is 0. The minimum Gasteiger partial charge on any atom is -0.394 e. The van der Waals surface area contributed by atoms with Crippen molar-refractivity contribution in [3.8, 4) is 0 Å². The quantitative estimate of drug-likeness (QED) is 0.139. The van der Waals surface area contributed by atoms with Gasteiger partial charge in [-0.3, -0.25) is 0 Å². The van der Waals surface area contributed by atoms with E-state index in [1.807, 2.05) is 6.92 Å². The highest BCUT2D eigenvalue weighted by atomic mass is 16.7. The standard InChI is InChI=1S/C27H48O14/c1-25(2,36)11-5-7-26(3)14(29)6-8-27(4,37)22(26)21(11)41-24-20(35)18(33)16(31)13(40-24)10-38-23-19(34)17(32)15(30)12(9-28)39-23/h11-24,28-37H,5-10H2,1-4H3/t11-,12-,13-,14+,15-,16-,17+,18+,19-,20-,21-,22+,23+,24+,26-,27-/m1/s1. The topological polar surface area (TPSA) is 239 Å². The third-order valence-corrected chi connectivity index (χ3v) is 9.93. The van der Waals surface area contributed by atoms with E-state index in [0.717, 1.165) is 0 Å². The number of hydrogen-bond acceptors (Lipinski definition) is 14. The molecule has 0 aromatic heterocycles. The van der Waals surface area contributed by atoms with Crippen LogP contribution in [-0.4, -0.2) is 149 Å². The van der Waals surface area contributed by atoms with Crippen LogP contribution in [0.15, 0.2) is 0 Å². The summed E-state index contributed by atoms with van der Waals surface area (Å²) >= 11 is 0. The van der Waals surface area contributed by atoms with Gasteiger partial charge in [0.25, 0.3) is 0 Å². The molecule has 0 unspecified atom stereocenters. The number of hydrogen-bond donors (Lipinski definition) is 10. The summed E-state index contributed by atoms with van der Waals surface area (Å²) < 4.78 is 23.0. The molecule has 10 N–H and O–H groups in total. The highest BCUT2D eigenvalue weighted by Crippen LogP contribution is 2.58. The molecule has 2 aliphatic heterocycles. The minimum absolute atomic E-state index is 0.276. The molecule has 0 amide bonds. The molecule has 2 aliphatic carbocycles. The Bertz CT molecular complexity index is 881. The molecule has 4 rings (SSSR count). The van der Waals surface area contributed by atoms with Crippen molar-refractivity contribution in [1.29, 1.82) is 0 Å². The van der Waals surface area contributed by atoms with Crippen molar-refractivity contribution in [3.63, 3.8) is 0 Å². The fourth-order valence-electron chi connectivity index (χ4n) is 7.39. The van der Waals surface area contributed by atoms with E-state index in [-0.39, 0.29) is 6.42 Å². The molecular weight excluding hydrogens is 548 g/mol. The van der Waals surface area contributed by atoms with Gasteiger partial charge in [-0.25, -0.2) is 0 Å². The van der Waals surface area contributed by atoms with Crippen molar-refractivity contribution < 1.29 is 70.0 Å². The molecule has 0 radical (unpaired) electrons. The summed E-state index contributed by atoms with van der Waals surface area (Å²) in [5.41, 5.74) is -3.36. The zero-order valence-corrected chi connectivity index (χ0v) is 23.9. The Morgan fingerprint density at radius 3 is 1.93 bits per heavy atom. The Labute approximate surface area is 239 Å². The lowest BCUT2D eigenvalue weighted by atomic mass is 9.50. The molecule has 2 saturated heterocycles. The van der Waals surface area contributed by atoms with E-state index in [1.54, 1.807) is 20.8 Å². The lowest BCUT2D eigenvalue weighted by Crippen LogP contribution is -2.67. The molecule has 4 fully saturated rings. The van der Waals surface area contributed by atoms with Gasteiger partial charge in [-0.15, -0.1) is 0 Å². The van der Waals surface area contributed by atoms with Gasteiger partial charge < -0.3 is 70.0 Å². The van der Waals surface area contributed by atoms with Gasteiger partial charge in [-0.2, -0.15) is 0 Å². The van der Waals surface area contributed by atoms with Gasteiger partial charge in [0.2, 0.25) is 0 Å². The second-order valence-electron chi connectivity index (χ2n) is 13.3. The molecule has 2 saturated carbocycles. The normalized spacial score (nSPS) is 53.1. The first kappa shape index (κ1) is 33.3. The first-order valence-corrected chi connectivity index (χ1v) is 14.3. The predicted molar refractivity (Wildman–Crippen MR) is 138 cm³/mol.